The third kappa shape index (κ3) is 5.47. The number of anilines is 1. The molecule has 0 aliphatic carbocycles. The second-order valence-corrected chi connectivity index (χ2v) is 9.93. The Balaban J connectivity index is 1.10. The van der Waals surface area contributed by atoms with E-state index < -0.39 is 6.23 Å². The molecule has 0 radical (unpaired) electrons. The van der Waals surface area contributed by atoms with Crippen LogP contribution in [0.1, 0.15) is 24.3 Å². The van der Waals surface area contributed by atoms with Crippen molar-refractivity contribution in [2.75, 3.05) is 24.5 Å². The van der Waals surface area contributed by atoms with Crippen molar-refractivity contribution in [1.82, 2.24) is 20.6 Å². The first-order valence-electron chi connectivity index (χ1n) is 10.9. The smallest absolute Gasteiger partial charge is 0.285 e. The molecule has 3 aromatic rings. The standard InChI is InChI=1S/C23H25N5O3S2/c29-21-20(33-23(30)27-21)11-17-3-7-25-22(26-17)28-8-4-15(5-9-28)12-24-13-18-1-2-19(31-18)16-6-10-32-14-16/h1-3,6-7,10-11,14-15,21,24,29H,4-5,8-9,12-13H2,(H,27,30). The number of amides is 1. The summed E-state index contributed by atoms with van der Waals surface area (Å²) < 4.78 is 5.94. The molecule has 5 rings (SSSR count). The molecule has 0 aromatic carbocycles. The van der Waals surface area contributed by atoms with Gasteiger partial charge in [-0.05, 0) is 72.8 Å². The van der Waals surface area contributed by atoms with E-state index in [-0.39, 0.29) is 5.24 Å². The lowest BCUT2D eigenvalue weighted by Gasteiger charge is -2.32. The fraction of sp³-hybridized carbons (Fsp3) is 0.348. The van der Waals surface area contributed by atoms with E-state index in [2.05, 4.69) is 42.3 Å². The van der Waals surface area contributed by atoms with Crippen molar-refractivity contribution in [3.8, 4) is 11.3 Å². The van der Waals surface area contributed by atoms with Gasteiger partial charge in [0.1, 0.15) is 11.5 Å². The number of hydrogen-bond acceptors (Lipinski definition) is 9. The number of aliphatic hydroxyl groups is 1. The van der Waals surface area contributed by atoms with Crippen LogP contribution in [0.3, 0.4) is 0 Å². The highest BCUT2D eigenvalue weighted by atomic mass is 32.2. The van der Waals surface area contributed by atoms with Gasteiger partial charge in [-0.3, -0.25) is 4.79 Å². The molecule has 2 aliphatic rings. The molecule has 2 aliphatic heterocycles. The van der Waals surface area contributed by atoms with E-state index in [4.69, 9.17) is 4.42 Å². The Kier molecular flexibility index (Phi) is 6.77. The SMILES string of the molecule is O=C1NC(O)C(=Cc2ccnc(N3CCC(CNCc4ccc(-c5ccsc5)o4)CC3)n2)S1. The Morgan fingerprint density at radius 1 is 1.27 bits per heavy atom. The van der Waals surface area contributed by atoms with Gasteiger partial charge in [0.2, 0.25) is 5.95 Å². The number of furan rings is 1. The number of thiophene rings is 1. The zero-order valence-electron chi connectivity index (χ0n) is 17.9. The van der Waals surface area contributed by atoms with E-state index in [9.17, 15) is 9.90 Å². The van der Waals surface area contributed by atoms with Gasteiger partial charge in [0, 0.05) is 35.1 Å². The zero-order chi connectivity index (χ0) is 22.6. The van der Waals surface area contributed by atoms with E-state index in [1.165, 1.54) is 0 Å². The van der Waals surface area contributed by atoms with Crippen LogP contribution in [0.5, 0.6) is 0 Å². The molecular weight excluding hydrogens is 458 g/mol. The van der Waals surface area contributed by atoms with E-state index >= 15 is 0 Å². The van der Waals surface area contributed by atoms with Gasteiger partial charge in [0.05, 0.1) is 12.2 Å². The molecule has 172 valence electrons. The second kappa shape index (κ2) is 10.1. The Labute approximate surface area is 200 Å². The van der Waals surface area contributed by atoms with E-state index in [1.807, 2.05) is 12.1 Å². The van der Waals surface area contributed by atoms with Crippen molar-refractivity contribution < 1.29 is 14.3 Å². The van der Waals surface area contributed by atoms with Gasteiger partial charge < -0.3 is 25.1 Å². The normalized spacial score (nSPS) is 20.5. The monoisotopic (exact) mass is 483 g/mol. The number of carbonyl (C=O) groups is 1. The van der Waals surface area contributed by atoms with Gasteiger partial charge in [0.15, 0.2) is 6.23 Å². The van der Waals surface area contributed by atoms with Crippen LogP contribution < -0.4 is 15.5 Å². The van der Waals surface area contributed by atoms with E-state index in [0.29, 0.717) is 22.5 Å². The number of thioether (sulfide) groups is 1. The summed E-state index contributed by atoms with van der Waals surface area (Å²) in [7, 11) is 0. The minimum Gasteiger partial charge on any atom is -0.460 e. The molecule has 33 heavy (non-hydrogen) atoms. The van der Waals surface area contributed by atoms with Gasteiger partial charge >= 0.3 is 0 Å². The molecule has 2 fully saturated rings. The number of aliphatic hydroxyl groups excluding tert-OH is 1. The molecule has 0 bridgehead atoms. The molecule has 2 saturated heterocycles. The number of rotatable bonds is 7. The van der Waals surface area contributed by atoms with Crippen LogP contribution in [0.4, 0.5) is 10.7 Å². The minimum atomic E-state index is -0.965. The van der Waals surface area contributed by atoms with Crippen molar-refractivity contribution in [3.05, 3.63) is 57.6 Å². The van der Waals surface area contributed by atoms with Crippen molar-refractivity contribution >= 4 is 40.4 Å². The maximum atomic E-state index is 11.4. The predicted octanol–water partition coefficient (Wildman–Crippen LogP) is 3.92. The highest BCUT2D eigenvalue weighted by Crippen LogP contribution is 2.28. The number of nitrogens with one attached hydrogen (secondary N) is 2. The molecule has 1 amide bonds. The van der Waals surface area contributed by atoms with Crippen molar-refractivity contribution in [2.45, 2.75) is 25.6 Å². The fourth-order valence-electron chi connectivity index (χ4n) is 3.99. The molecule has 0 spiro atoms. The largest absolute Gasteiger partial charge is 0.460 e. The van der Waals surface area contributed by atoms with E-state index in [0.717, 1.165) is 67.9 Å². The van der Waals surface area contributed by atoms with Crippen LogP contribution in [-0.4, -0.2) is 46.2 Å². The quantitative estimate of drug-likeness (QED) is 0.465. The van der Waals surface area contributed by atoms with Gasteiger partial charge in [-0.15, -0.1) is 0 Å². The summed E-state index contributed by atoms with van der Waals surface area (Å²) >= 11 is 2.66. The summed E-state index contributed by atoms with van der Waals surface area (Å²) in [6.07, 6.45) is 4.61. The van der Waals surface area contributed by atoms with Gasteiger partial charge in [-0.1, -0.05) is 0 Å². The molecule has 10 heteroatoms. The average molecular weight is 484 g/mol. The van der Waals surface area contributed by atoms with Crippen LogP contribution in [0, 0.1) is 5.92 Å². The van der Waals surface area contributed by atoms with Gasteiger partial charge in [0.25, 0.3) is 5.24 Å². The van der Waals surface area contributed by atoms with Crippen molar-refractivity contribution in [2.24, 2.45) is 5.92 Å². The van der Waals surface area contributed by atoms with Gasteiger partial charge in [-0.2, -0.15) is 11.3 Å². The molecule has 3 aromatic heterocycles. The third-order valence-corrected chi connectivity index (χ3v) is 7.35. The van der Waals surface area contributed by atoms with Crippen LogP contribution >= 0.6 is 23.1 Å². The predicted molar refractivity (Wildman–Crippen MR) is 131 cm³/mol. The Bertz CT molecular complexity index is 1120. The second-order valence-electron chi connectivity index (χ2n) is 8.10. The third-order valence-electron chi connectivity index (χ3n) is 5.79. The highest BCUT2D eigenvalue weighted by Gasteiger charge is 2.26. The summed E-state index contributed by atoms with van der Waals surface area (Å²) in [5.74, 6) is 3.16. The van der Waals surface area contributed by atoms with Crippen LogP contribution in [0.25, 0.3) is 17.4 Å². The fourth-order valence-corrected chi connectivity index (χ4v) is 5.37. The van der Waals surface area contributed by atoms with E-state index in [1.54, 1.807) is 29.7 Å². The number of aromatic nitrogens is 2. The zero-order valence-corrected chi connectivity index (χ0v) is 19.6. The van der Waals surface area contributed by atoms with Crippen molar-refractivity contribution in [1.29, 1.82) is 0 Å². The molecular formula is C23H25N5O3S2. The Hall–Kier alpha value is -2.66. The summed E-state index contributed by atoms with van der Waals surface area (Å²) in [5, 5.41) is 19.7. The molecule has 1 unspecified atom stereocenters. The number of carbonyl (C=O) groups excluding carboxylic acids is 1. The van der Waals surface area contributed by atoms with Crippen LogP contribution in [0.15, 0.2) is 50.5 Å². The summed E-state index contributed by atoms with van der Waals surface area (Å²) in [4.78, 5) is 23.2. The topological polar surface area (TPSA) is 104 Å². The Morgan fingerprint density at radius 2 is 2.15 bits per heavy atom. The minimum absolute atomic E-state index is 0.256. The molecule has 5 heterocycles. The first kappa shape index (κ1) is 22.1. The van der Waals surface area contributed by atoms with Crippen LogP contribution in [-0.2, 0) is 6.54 Å². The van der Waals surface area contributed by atoms with Gasteiger partial charge in [-0.25, -0.2) is 9.97 Å². The lowest BCUT2D eigenvalue weighted by Crippen LogP contribution is -2.38. The lowest BCUT2D eigenvalue weighted by molar-refractivity contribution is 0.192. The average Bonchev–Trinajstić information content (AvgIpc) is 3.57. The maximum Gasteiger partial charge on any atom is 0.285 e. The maximum absolute atomic E-state index is 11.4. The molecule has 8 nitrogen and oxygen atoms in total. The van der Waals surface area contributed by atoms with Crippen LogP contribution in [0.2, 0.25) is 0 Å². The summed E-state index contributed by atoms with van der Waals surface area (Å²) in [6.45, 7) is 3.47. The molecule has 0 saturated carbocycles. The lowest BCUT2D eigenvalue weighted by atomic mass is 9.97. The highest BCUT2D eigenvalue weighted by molar-refractivity contribution is 8.17. The molecule has 1 atom stereocenters. The van der Waals surface area contributed by atoms with Crippen molar-refractivity contribution in [3.63, 3.8) is 0 Å². The number of piperidine rings is 1. The number of hydrogen-bond donors (Lipinski definition) is 3. The number of nitrogens with zero attached hydrogens (tertiary/aromatic N) is 3. The first-order valence-corrected chi connectivity index (χ1v) is 12.7. The first-order chi connectivity index (χ1) is 16.1. The summed E-state index contributed by atoms with van der Waals surface area (Å²) in [6, 6.07) is 7.92. The molecule has 3 N–H and O–H groups in total. The Morgan fingerprint density at radius 3 is 2.91 bits per heavy atom. The summed E-state index contributed by atoms with van der Waals surface area (Å²) in [5.41, 5.74) is 1.81.